The van der Waals surface area contributed by atoms with Crippen molar-refractivity contribution in [3.63, 3.8) is 0 Å². The number of benzene rings is 1. The van der Waals surface area contributed by atoms with Crippen LogP contribution in [-0.4, -0.2) is 23.0 Å². The van der Waals surface area contributed by atoms with Gasteiger partial charge >= 0.3 is 5.97 Å². The highest BCUT2D eigenvalue weighted by molar-refractivity contribution is 6.35. The van der Waals surface area contributed by atoms with Gasteiger partial charge in [0.15, 0.2) is 0 Å². The second-order valence-corrected chi connectivity index (χ2v) is 5.00. The first-order valence-corrected chi connectivity index (χ1v) is 6.07. The van der Waals surface area contributed by atoms with Crippen molar-refractivity contribution in [1.82, 2.24) is 5.32 Å². The smallest absolute Gasteiger partial charge is 0.326 e. The normalized spacial score (nSPS) is 12.3. The summed E-state index contributed by atoms with van der Waals surface area (Å²) >= 11 is 11.6. The van der Waals surface area contributed by atoms with Crippen molar-refractivity contribution >= 4 is 35.1 Å². The molecule has 0 radical (unpaired) electrons. The summed E-state index contributed by atoms with van der Waals surface area (Å²) in [6, 6.07) is 3.48. The zero-order valence-electron chi connectivity index (χ0n) is 9.91. The van der Waals surface area contributed by atoms with Gasteiger partial charge in [0.1, 0.15) is 6.04 Å². The van der Waals surface area contributed by atoms with Gasteiger partial charge in [-0.25, -0.2) is 4.79 Å². The summed E-state index contributed by atoms with van der Waals surface area (Å²) in [7, 11) is 0. The maximum absolute atomic E-state index is 11.9. The lowest BCUT2D eigenvalue weighted by atomic mass is 10.0. The number of carbonyl (C=O) groups is 2. The third-order valence-corrected chi connectivity index (χ3v) is 2.96. The van der Waals surface area contributed by atoms with Gasteiger partial charge in [0, 0.05) is 5.02 Å². The largest absolute Gasteiger partial charge is 0.480 e. The van der Waals surface area contributed by atoms with Crippen LogP contribution >= 0.6 is 23.2 Å². The summed E-state index contributed by atoms with van der Waals surface area (Å²) in [5.41, 5.74) is 0.163. The van der Waals surface area contributed by atoms with Crippen LogP contribution in [-0.2, 0) is 4.79 Å². The molecule has 98 valence electrons. The summed E-state index contributed by atoms with van der Waals surface area (Å²) < 4.78 is 0. The lowest BCUT2D eigenvalue weighted by Gasteiger charge is -2.18. The van der Waals surface area contributed by atoms with Crippen LogP contribution in [0.4, 0.5) is 0 Å². The molecule has 0 fully saturated rings. The van der Waals surface area contributed by atoms with E-state index in [4.69, 9.17) is 28.3 Å². The Morgan fingerprint density at radius 3 is 2.39 bits per heavy atom. The fraction of sp³-hybridized carbons (Fsp3) is 0.333. The molecule has 1 amide bonds. The van der Waals surface area contributed by atoms with Gasteiger partial charge in [-0.05, 0) is 24.1 Å². The molecule has 4 nitrogen and oxygen atoms in total. The van der Waals surface area contributed by atoms with Crippen molar-refractivity contribution in [3.05, 3.63) is 33.8 Å². The molecule has 0 aliphatic carbocycles. The number of rotatable bonds is 4. The standard InChI is InChI=1S/C12H13Cl2NO3/c1-6(2)10(12(17)18)15-11(16)8-5-7(13)3-4-9(8)14/h3-6,10H,1-2H3,(H,15,16)(H,17,18)/t10-/m0/s1. The van der Waals surface area contributed by atoms with Crippen LogP contribution < -0.4 is 5.32 Å². The zero-order valence-corrected chi connectivity index (χ0v) is 11.4. The van der Waals surface area contributed by atoms with Gasteiger partial charge < -0.3 is 10.4 Å². The molecule has 1 aromatic rings. The minimum Gasteiger partial charge on any atom is -0.480 e. The highest BCUT2D eigenvalue weighted by Crippen LogP contribution is 2.20. The van der Waals surface area contributed by atoms with Gasteiger partial charge in [-0.15, -0.1) is 0 Å². The van der Waals surface area contributed by atoms with Crippen LogP contribution in [0, 0.1) is 5.92 Å². The van der Waals surface area contributed by atoms with Crippen LogP contribution in [0.25, 0.3) is 0 Å². The summed E-state index contributed by atoms with van der Waals surface area (Å²) in [6.45, 7) is 3.41. The van der Waals surface area contributed by atoms with Crippen molar-refractivity contribution in [3.8, 4) is 0 Å². The SMILES string of the molecule is CC(C)[C@H](NC(=O)c1cc(Cl)ccc1Cl)C(=O)O. The minimum atomic E-state index is -1.09. The Labute approximate surface area is 115 Å². The Bertz CT molecular complexity index is 474. The molecule has 0 aromatic heterocycles. The van der Waals surface area contributed by atoms with Gasteiger partial charge in [0.2, 0.25) is 0 Å². The molecular weight excluding hydrogens is 277 g/mol. The molecule has 0 bridgehead atoms. The highest BCUT2D eigenvalue weighted by Gasteiger charge is 2.24. The summed E-state index contributed by atoms with van der Waals surface area (Å²) in [6.07, 6.45) is 0. The Morgan fingerprint density at radius 2 is 1.89 bits per heavy atom. The average molecular weight is 290 g/mol. The second-order valence-electron chi connectivity index (χ2n) is 4.16. The van der Waals surface area contributed by atoms with Crippen LogP contribution in [0.1, 0.15) is 24.2 Å². The molecule has 0 unspecified atom stereocenters. The number of hydrogen-bond acceptors (Lipinski definition) is 2. The molecule has 2 N–H and O–H groups in total. The number of halogens is 2. The van der Waals surface area contributed by atoms with Crippen molar-refractivity contribution in [2.75, 3.05) is 0 Å². The Hall–Kier alpha value is -1.26. The first-order valence-electron chi connectivity index (χ1n) is 5.31. The third-order valence-electron chi connectivity index (χ3n) is 2.39. The van der Waals surface area contributed by atoms with Crippen LogP contribution in [0.15, 0.2) is 18.2 Å². The molecule has 0 saturated carbocycles. The molecule has 18 heavy (non-hydrogen) atoms. The van der Waals surface area contributed by atoms with E-state index in [9.17, 15) is 9.59 Å². The average Bonchev–Trinajstić information content (AvgIpc) is 2.28. The number of carbonyl (C=O) groups excluding carboxylic acids is 1. The number of carboxylic acid groups (broad SMARTS) is 1. The monoisotopic (exact) mass is 289 g/mol. The Balaban J connectivity index is 2.94. The number of aliphatic carboxylic acids is 1. The van der Waals surface area contributed by atoms with Crippen molar-refractivity contribution in [2.45, 2.75) is 19.9 Å². The van der Waals surface area contributed by atoms with E-state index in [0.717, 1.165) is 0 Å². The van der Waals surface area contributed by atoms with Gasteiger partial charge in [-0.3, -0.25) is 4.79 Å². The fourth-order valence-electron chi connectivity index (χ4n) is 1.40. The highest BCUT2D eigenvalue weighted by atomic mass is 35.5. The number of amides is 1. The maximum atomic E-state index is 11.9. The Morgan fingerprint density at radius 1 is 1.28 bits per heavy atom. The first kappa shape index (κ1) is 14.8. The van der Waals surface area contributed by atoms with Crippen molar-refractivity contribution in [1.29, 1.82) is 0 Å². The topological polar surface area (TPSA) is 66.4 Å². The maximum Gasteiger partial charge on any atom is 0.326 e. The van der Waals surface area contributed by atoms with E-state index in [0.29, 0.717) is 5.02 Å². The zero-order chi connectivity index (χ0) is 13.9. The predicted molar refractivity (Wildman–Crippen MR) is 70.2 cm³/mol. The van der Waals surface area contributed by atoms with E-state index in [-0.39, 0.29) is 16.5 Å². The third kappa shape index (κ3) is 3.62. The first-order chi connectivity index (χ1) is 8.32. The van der Waals surface area contributed by atoms with Crippen LogP contribution in [0.5, 0.6) is 0 Å². The van der Waals surface area contributed by atoms with Gasteiger partial charge in [-0.1, -0.05) is 37.0 Å². The summed E-state index contributed by atoms with van der Waals surface area (Å²) in [4.78, 5) is 22.9. The van der Waals surface area contributed by atoms with Crippen LogP contribution in [0.3, 0.4) is 0 Å². The van der Waals surface area contributed by atoms with Gasteiger partial charge in [0.25, 0.3) is 5.91 Å². The molecule has 0 spiro atoms. The second kappa shape index (κ2) is 6.07. The number of hydrogen-bond donors (Lipinski definition) is 2. The predicted octanol–water partition coefficient (Wildman–Crippen LogP) is 2.83. The molecular formula is C12H13Cl2NO3. The van der Waals surface area contributed by atoms with Gasteiger partial charge in [0.05, 0.1) is 10.6 Å². The quantitative estimate of drug-likeness (QED) is 0.896. The fourth-order valence-corrected chi connectivity index (χ4v) is 1.78. The molecule has 0 heterocycles. The molecule has 1 atom stereocenters. The minimum absolute atomic E-state index is 0.163. The van der Waals surface area contributed by atoms with E-state index < -0.39 is 17.9 Å². The lowest BCUT2D eigenvalue weighted by molar-refractivity contribution is -0.140. The molecule has 6 heteroatoms. The molecule has 1 rings (SSSR count). The van der Waals surface area contributed by atoms with E-state index in [1.165, 1.54) is 12.1 Å². The van der Waals surface area contributed by atoms with E-state index in [2.05, 4.69) is 5.32 Å². The molecule has 0 aliphatic rings. The summed E-state index contributed by atoms with van der Waals surface area (Å²) in [5, 5.41) is 12.0. The summed E-state index contributed by atoms with van der Waals surface area (Å²) in [5.74, 6) is -1.87. The van der Waals surface area contributed by atoms with Crippen molar-refractivity contribution < 1.29 is 14.7 Å². The molecule has 0 aliphatic heterocycles. The molecule has 0 saturated heterocycles. The van der Waals surface area contributed by atoms with E-state index in [1.807, 2.05) is 0 Å². The Kier molecular flexibility index (Phi) is 4.99. The van der Waals surface area contributed by atoms with Crippen molar-refractivity contribution in [2.24, 2.45) is 5.92 Å². The van der Waals surface area contributed by atoms with E-state index >= 15 is 0 Å². The van der Waals surface area contributed by atoms with Crippen LogP contribution in [0.2, 0.25) is 10.0 Å². The number of carboxylic acids is 1. The lowest BCUT2D eigenvalue weighted by Crippen LogP contribution is -2.44. The number of nitrogens with one attached hydrogen (secondary N) is 1. The molecule has 1 aromatic carbocycles. The van der Waals surface area contributed by atoms with E-state index in [1.54, 1.807) is 19.9 Å². The van der Waals surface area contributed by atoms with Gasteiger partial charge in [-0.2, -0.15) is 0 Å².